The summed E-state index contributed by atoms with van der Waals surface area (Å²) in [6.07, 6.45) is 3.15. The Bertz CT molecular complexity index is 400. The maximum atomic E-state index is 6.06. The first kappa shape index (κ1) is 16.9. The van der Waals surface area contributed by atoms with Crippen molar-refractivity contribution < 1.29 is 0 Å². The predicted molar refractivity (Wildman–Crippen MR) is 85.1 cm³/mol. The molecule has 0 amide bonds. The molecule has 2 unspecified atom stereocenters. The topological polar surface area (TPSA) is 42.2 Å². The van der Waals surface area contributed by atoms with Gasteiger partial charge in [-0.25, -0.2) is 4.98 Å². The van der Waals surface area contributed by atoms with Crippen molar-refractivity contribution in [2.75, 3.05) is 13.1 Å². The molecule has 0 radical (unpaired) electrons. The monoisotopic (exact) mass is 303 g/mol. The maximum Gasteiger partial charge on any atom is 0.107 e. The Labute approximate surface area is 127 Å². The lowest BCUT2D eigenvalue weighted by Gasteiger charge is -2.34. The van der Waals surface area contributed by atoms with Crippen molar-refractivity contribution in [3.8, 4) is 0 Å². The maximum absolute atomic E-state index is 6.06. The van der Waals surface area contributed by atoms with Crippen LogP contribution in [0, 0.1) is 5.92 Å². The number of rotatable bonds is 2. The SMILES string of the molecule is CC1CN(Cc2ncc(C(C)(C)C)s2)CCC1N.Cl. The summed E-state index contributed by atoms with van der Waals surface area (Å²) in [5, 5.41) is 1.24. The second-order valence-electron chi connectivity index (χ2n) is 6.53. The highest BCUT2D eigenvalue weighted by molar-refractivity contribution is 7.11. The van der Waals surface area contributed by atoms with Gasteiger partial charge in [0.15, 0.2) is 0 Å². The molecule has 1 saturated heterocycles. The lowest BCUT2D eigenvalue weighted by atomic mass is 9.95. The summed E-state index contributed by atoms with van der Waals surface area (Å²) in [5.41, 5.74) is 6.27. The van der Waals surface area contributed by atoms with Gasteiger partial charge < -0.3 is 5.73 Å². The molecule has 19 heavy (non-hydrogen) atoms. The summed E-state index contributed by atoms with van der Waals surface area (Å²) in [5.74, 6) is 0.598. The molecule has 0 aromatic carbocycles. The van der Waals surface area contributed by atoms with Crippen LogP contribution in [0.15, 0.2) is 6.20 Å². The molecule has 3 nitrogen and oxygen atoms in total. The van der Waals surface area contributed by atoms with E-state index in [-0.39, 0.29) is 17.8 Å². The van der Waals surface area contributed by atoms with Gasteiger partial charge in [0.25, 0.3) is 0 Å². The lowest BCUT2D eigenvalue weighted by Crippen LogP contribution is -2.45. The summed E-state index contributed by atoms with van der Waals surface area (Å²) in [7, 11) is 0. The zero-order valence-electron chi connectivity index (χ0n) is 12.3. The van der Waals surface area contributed by atoms with E-state index >= 15 is 0 Å². The van der Waals surface area contributed by atoms with Crippen LogP contribution in [0.2, 0.25) is 0 Å². The van der Waals surface area contributed by atoms with Gasteiger partial charge in [-0.15, -0.1) is 23.7 Å². The van der Waals surface area contributed by atoms with E-state index in [1.165, 1.54) is 9.88 Å². The van der Waals surface area contributed by atoms with E-state index in [0.717, 1.165) is 26.1 Å². The van der Waals surface area contributed by atoms with Crippen LogP contribution in [0.1, 0.15) is 44.0 Å². The fourth-order valence-electron chi connectivity index (χ4n) is 2.32. The van der Waals surface area contributed by atoms with E-state index in [0.29, 0.717) is 12.0 Å². The van der Waals surface area contributed by atoms with E-state index in [2.05, 4.69) is 37.6 Å². The highest BCUT2D eigenvalue weighted by atomic mass is 35.5. The van der Waals surface area contributed by atoms with Gasteiger partial charge in [-0.2, -0.15) is 0 Å². The third-order valence-corrected chi connectivity index (χ3v) is 5.12. The van der Waals surface area contributed by atoms with Crippen molar-refractivity contribution in [2.45, 2.75) is 52.1 Å². The number of aromatic nitrogens is 1. The van der Waals surface area contributed by atoms with Gasteiger partial charge >= 0.3 is 0 Å². The molecule has 1 aliphatic rings. The Balaban J connectivity index is 0.00000180. The number of hydrogen-bond donors (Lipinski definition) is 1. The number of halogens is 1. The Morgan fingerprint density at radius 3 is 2.68 bits per heavy atom. The van der Waals surface area contributed by atoms with Crippen LogP contribution in [-0.4, -0.2) is 29.0 Å². The molecule has 1 aromatic rings. The highest BCUT2D eigenvalue weighted by Gasteiger charge is 2.24. The largest absolute Gasteiger partial charge is 0.327 e. The average Bonchev–Trinajstić information content (AvgIpc) is 2.72. The van der Waals surface area contributed by atoms with Gasteiger partial charge in [-0.1, -0.05) is 27.7 Å². The fraction of sp³-hybridized carbons (Fsp3) is 0.786. The van der Waals surface area contributed by atoms with Crippen LogP contribution in [0.3, 0.4) is 0 Å². The number of thiazole rings is 1. The fourth-order valence-corrected chi connectivity index (χ4v) is 3.33. The van der Waals surface area contributed by atoms with Gasteiger partial charge in [0.05, 0.1) is 6.54 Å². The molecule has 2 heterocycles. The molecule has 2 rings (SSSR count). The molecular formula is C14H26ClN3S. The summed E-state index contributed by atoms with van der Waals surface area (Å²) < 4.78 is 0. The zero-order chi connectivity index (χ0) is 13.3. The molecule has 0 bridgehead atoms. The molecule has 2 N–H and O–H groups in total. The lowest BCUT2D eigenvalue weighted by molar-refractivity contribution is 0.157. The van der Waals surface area contributed by atoms with Gasteiger partial charge in [-0.3, -0.25) is 4.90 Å². The third-order valence-electron chi connectivity index (χ3n) is 3.71. The molecule has 5 heteroatoms. The normalized spacial score (nSPS) is 25.1. The first-order valence-corrected chi connectivity index (χ1v) is 7.61. The summed E-state index contributed by atoms with van der Waals surface area (Å²) >= 11 is 1.85. The Morgan fingerprint density at radius 2 is 2.16 bits per heavy atom. The first-order chi connectivity index (χ1) is 8.36. The summed E-state index contributed by atoms with van der Waals surface area (Å²) in [4.78, 5) is 8.43. The standard InChI is InChI=1S/C14H25N3S.ClH/c1-10-8-17(6-5-11(10)15)9-13-16-7-12(18-13)14(2,3)4;/h7,10-11H,5-6,8-9,15H2,1-4H3;1H. The van der Waals surface area contributed by atoms with E-state index in [4.69, 9.17) is 5.73 Å². The second-order valence-corrected chi connectivity index (χ2v) is 7.65. The molecule has 1 fully saturated rings. The van der Waals surface area contributed by atoms with Crippen LogP contribution >= 0.6 is 23.7 Å². The van der Waals surface area contributed by atoms with Crippen LogP contribution in [0.5, 0.6) is 0 Å². The summed E-state index contributed by atoms with van der Waals surface area (Å²) in [6, 6.07) is 0.377. The molecule has 0 aliphatic carbocycles. The number of piperidine rings is 1. The Morgan fingerprint density at radius 1 is 1.47 bits per heavy atom. The van der Waals surface area contributed by atoms with Crippen molar-refractivity contribution in [3.63, 3.8) is 0 Å². The Kier molecular flexibility index (Phi) is 5.80. The van der Waals surface area contributed by atoms with Crippen LogP contribution in [-0.2, 0) is 12.0 Å². The highest BCUT2D eigenvalue weighted by Crippen LogP contribution is 2.28. The van der Waals surface area contributed by atoms with Crippen molar-refractivity contribution in [2.24, 2.45) is 11.7 Å². The summed E-state index contributed by atoms with van der Waals surface area (Å²) in [6.45, 7) is 12.2. The third kappa shape index (κ3) is 4.42. The smallest absolute Gasteiger partial charge is 0.107 e. The molecule has 0 saturated carbocycles. The first-order valence-electron chi connectivity index (χ1n) is 6.79. The second kappa shape index (κ2) is 6.53. The van der Waals surface area contributed by atoms with Crippen molar-refractivity contribution in [3.05, 3.63) is 16.1 Å². The minimum Gasteiger partial charge on any atom is -0.327 e. The van der Waals surface area contributed by atoms with E-state index in [1.807, 2.05) is 17.5 Å². The van der Waals surface area contributed by atoms with Crippen LogP contribution in [0.25, 0.3) is 0 Å². The number of hydrogen-bond acceptors (Lipinski definition) is 4. The quantitative estimate of drug-likeness (QED) is 0.913. The van der Waals surface area contributed by atoms with Gasteiger partial charge in [0.1, 0.15) is 5.01 Å². The van der Waals surface area contributed by atoms with E-state index in [1.54, 1.807) is 0 Å². The van der Waals surface area contributed by atoms with Gasteiger partial charge in [0.2, 0.25) is 0 Å². The number of likely N-dealkylation sites (tertiary alicyclic amines) is 1. The van der Waals surface area contributed by atoms with E-state index < -0.39 is 0 Å². The minimum absolute atomic E-state index is 0. The van der Waals surface area contributed by atoms with Crippen molar-refractivity contribution >= 4 is 23.7 Å². The van der Waals surface area contributed by atoms with Crippen LogP contribution in [0.4, 0.5) is 0 Å². The molecule has 1 aliphatic heterocycles. The van der Waals surface area contributed by atoms with Gasteiger partial charge in [0, 0.05) is 30.2 Å². The van der Waals surface area contributed by atoms with Crippen molar-refractivity contribution in [1.29, 1.82) is 0 Å². The molecule has 2 atom stereocenters. The van der Waals surface area contributed by atoms with Crippen molar-refractivity contribution in [1.82, 2.24) is 9.88 Å². The average molecular weight is 304 g/mol. The predicted octanol–water partition coefficient (Wildman–Crippen LogP) is 3.03. The number of nitrogens with zero attached hydrogens (tertiary/aromatic N) is 2. The minimum atomic E-state index is 0. The van der Waals surface area contributed by atoms with Gasteiger partial charge in [-0.05, 0) is 17.8 Å². The van der Waals surface area contributed by atoms with Crippen LogP contribution < -0.4 is 5.73 Å². The van der Waals surface area contributed by atoms with E-state index in [9.17, 15) is 0 Å². The zero-order valence-corrected chi connectivity index (χ0v) is 14.0. The molecular weight excluding hydrogens is 278 g/mol. The molecule has 110 valence electrons. The molecule has 1 aromatic heterocycles. The number of nitrogens with two attached hydrogens (primary N) is 1. The Hall–Kier alpha value is -0.160. The molecule has 0 spiro atoms.